The number of carbonyl (C=O) groups is 1. The number of rotatable bonds is 4. The summed E-state index contributed by atoms with van der Waals surface area (Å²) in [5, 5.41) is 12.1. The van der Waals surface area contributed by atoms with Crippen molar-refractivity contribution in [1.29, 1.82) is 0 Å². The van der Waals surface area contributed by atoms with Gasteiger partial charge in [-0.1, -0.05) is 5.10 Å². The lowest BCUT2D eigenvalue weighted by Crippen LogP contribution is -2.26. The van der Waals surface area contributed by atoms with Crippen LogP contribution in [0.1, 0.15) is 18.2 Å². The number of anilines is 1. The molecular formula is C7H11ClN4O2. The largest absolute Gasteiger partial charge is 0.406 e. The Balaban J connectivity index is 2.48. The molecule has 0 aliphatic rings. The summed E-state index contributed by atoms with van der Waals surface area (Å²) in [6.45, 7) is 1.81. The molecule has 1 amide bonds. The van der Waals surface area contributed by atoms with Gasteiger partial charge in [-0.3, -0.25) is 4.79 Å². The highest BCUT2D eigenvalue weighted by Gasteiger charge is 2.11. The summed E-state index contributed by atoms with van der Waals surface area (Å²) in [5.74, 6) is 0.162. The molecular weight excluding hydrogens is 208 g/mol. The number of amides is 1. The molecule has 0 fully saturated rings. The summed E-state index contributed by atoms with van der Waals surface area (Å²) in [6, 6.07) is 0.191. The van der Waals surface area contributed by atoms with Crippen LogP contribution in [-0.4, -0.2) is 29.7 Å². The first-order valence-corrected chi connectivity index (χ1v) is 4.49. The van der Waals surface area contributed by atoms with E-state index >= 15 is 0 Å². The number of hydrogen-bond donors (Lipinski definition) is 2. The van der Waals surface area contributed by atoms with Crippen LogP contribution in [0.25, 0.3) is 0 Å². The van der Waals surface area contributed by atoms with E-state index in [-0.39, 0.29) is 23.8 Å². The highest BCUT2D eigenvalue weighted by atomic mass is 35.5. The fourth-order valence-corrected chi connectivity index (χ4v) is 0.799. The number of likely N-dealkylation sites (N-methyl/N-ethyl adjacent to an activating group) is 1. The number of hydrogen-bond acceptors (Lipinski definition) is 5. The van der Waals surface area contributed by atoms with Crippen LogP contribution in [-0.2, 0) is 4.79 Å². The standard InChI is InChI=1S/C7H11ClN4O2/c1-4(8)6-11-12-7(14-6)10-3-5(13)9-2/h4H,3H2,1-2H3,(H,9,13)(H,10,12). The van der Waals surface area contributed by atoms with Gasteiger partial charge in [0.15, 0.2) is 0 Å². The smallest absolute Gasteiger partial charge is 0.315 e. The molecule has 0 saturated heterocycles. The first-order chi connectivity index (χ1) is 6.63. The lowest BCUT2D eigenvalue weighted by molar-refractivity contribution is -0.118. The van der Waals surface area contributed by atoms with Crippen LogP contribution < -0.4 is 10.6 Å². The van der Waals surface area contributed by atoms with Crippen molar-refractivity contribution in [2.75, 3.05) is 18.9 Å². The maximum atomic E-state index is 10.8. The molecule has 0 radical (unpaired) electrons. The molecule has 0 spiro atoms. The molecule has 2 N–H and O–H groups in total. The molecule has 1 aromatic heterocycles. The van der Waals surface area contributed by atoms with Crippen molar-refractivity contribution in [3.05, 3.63) is 5.89 Å². The lowest BCUT2D eigenvalue weighted by atomic mass is 10.5. The molecule has 0 saturated carbocycles. The summed E-state index contributed by atoms with van der Waals surface area (Å²) in [4.78, 5) is 10.8. The van der Waals surface area contributed by atoms with Gasteiger partial charge in [0, 0.05) is 7.05 Å². The third-order valence-electron chi connectivity index (χ3n) is 1.46. The SMILES string of the molecule is CNC(=O)CNc1nnc(C(C)Cl)o1. The van der Waals surface area contributed by atoms with Gasteiger partial charge in [0.2, 0.25) is 11.8 Å². The summed E-state index contributed by atoms with van der Waals surface area (Å²) in [5.41, 5.74) is 0. The van der Waals surface area contributed by atoms with Crippen LogP contribution >= 0.6 is 11.6 Å². The molecule has 0 aromatic carbocycles. The van der Waals surface area contributed by atoms with Gasteiger partial charge in [0.1, 0.15) is 5.38 Å². The molecule has 1 heterocycles. The maximum absolute atomic E-state index is 10.8. The number of nitrogens with one attached hydrogen (secondary N) is 2. The molecule has 1 rings (SSSR count). The van der Waals surface area contributed by atoms with Crippen molar-refractivity contribution in [2.45, 2.75) is 12.3 Å². The van der Waals surface area contributed by atoms with Crippen molar-refractivity contribution in [3.8, 4) is 0 Å². The van der Waals surface area contributed by atoms with Gasteiger partial charge < -0.3 is 15.1 Å². The molecule has 0 aliphatic heterocycles. The Morgan fingerprint density at radius 3 is 2.86 bits per heavy atom. The van der Waals surface area contributed by atoms with E-state index in [0.717, 1.165) is 0 Å². The van der Waals surface area contributed by atoms with Crippen LogP contribution in [0.2, 0.25) is 0 Å². The molecule has 7 heteroatoms. The second kappa shape index (κ2) is 4.80. The van der Waals surface area contributed by atoms with E-state index in [0.29, 0.717) is 5.89 Å². The van der Waals surface area contributed by atoms with Crippen molar-refractivity contribution in [1.82, 2.24) is 15.5 Å². The monoisotopic (exact) mass is 218 g/mol. The first-order valence-electron chi connectivity index (χ1n) is 4.05. The Bertz CT molecular complexity index is 312. The number of aromatic nitrogens is 2. The predicted octanol–water partition coefficient (Wildman–Crippen LogP) is 0.527. The molecule has 1 atom stereocenters. The van der Waals surface area contributed by atoms with Crippen LogP contribution in [0.5, 0.6) is 0 Å². The minimum Gasteiger partial charge on any atom is -0.406 e. The molecule has 0 aliphatic carbocycles. The van der Waals surface area contributed by atoms with Crippen LogP contribution in [0.4, 0.5) is 6.01 Å². The molecule has 0 bridgehead atoms. The second-order valence-corrected chi connectivity index (χ2v) is 3.24. The number of halogens is 1. The topological polar surface area (TPSA) is 80.0 Å². The number of alkyl halides is 1. The van der Waals surface area contributed by atoms with Gasteiger partial charge in [-0.05, 0) is 6.92 Å². The Labute approximate surface area is 86.0 Å². The Morgan fingerprint density at radius 1 is 1.64 bits per heavy atom. The first kappa shape index (κ1) is 10.8. The van der Waals surface area contributed by atoms with E-state index in [1.807, 2.05) is 0 Å². The molecule has 14 heavy (non-hydrogen) atoms. The summed E-state index contributed by atoms with van der Waals surface area (Å²) in [6.07, 6.45) is 0. The van der Waals surface area contributed by atoms with Crippen molar-refractivity contribution < 1.29 is 9.21 Å². The summed E-state index contributed by atoms with van der Waals surface area (Å²) >= 11 is 5.70. The maximum Gasteiger partial charge on any atom is 0.315 e. The fraction of sp³-hybridized carbons (Fsp3) is 0.571. The normalized spacial score (nSPS) is 12.2. The van der Waals surface area contributed by atoms with Gasteiger partial charge in [0.05, 0.1) is 6.54 Å². The number of carbonyl (C=O) groups excluding carboxylic acids is 1. The quantitative estimate of drug-likeness (QED) is 0.721. The Hall–Kier alpha value is -1.30. The summed E-state index contributed by atoms with van der Waals surface area (Å²) < 4.78 is 5.09. The third kappa shape index (κ3) is 2.88. The van der Waals surface area contributed by atoms with E-state index in [4.69, 9.17) is 16.0 Å². The number of nitrogens with zero attached hydrogens (tertiary/aromatic N) is 2. The molecule has 6 nitrogen and oxygen atoms in total. The van der Waals surface area contributed by atoms with Gasteiger partial charge in [-0.2, -0.15) is 0 Å². The van der Waals surface area contributed by atoms with Crippen LogP contribution in [0, 0.1) is 0 Å². The van der Waals surface area contributed by atoms with Crippen molar-refractivity contribution >= 4 is 23.5 Å². The second-order valence-electron chi connectivity index (χ2n) is 2.59. The van der Waals surface area contributed by atoms with E-state index in [1.165, 1.54) is 0 Å². The van der Waals surface area contributed by atoms with Crippen LogP contribution in [0.3, 0.4) is 0 Å². The molecule has 1 unspecified atom stereocenters. The highest BCUT2D eigenvalue weighted by molar-refractivity contribution is 6.20. The fourth-order valence-electron chi connectivity index (χ4n) is 0.711. The Kier molecular flexibility index (Phi) is 3.70. The lowest BCUT2D eigenvalue weighted by Gasteiger charge is -1.98. The highest BCUT2D eigenvalue weighted by Crippen LogP contribution is 2.18. The zero-order valence-electron chi connectivity index (χ0n) is 7.87. The van der Waals surface area contributed by atoms with Gasteiger partial charge in [-0.15, -0.1) is 16.7 Å². The third-order valence-corrected chi connectivity index (χ3v) is 1.65. The zero-order valence-corrected chi connectivity index (χ0v) is 8.63. The van der Waals surface area contributed by atoms with Crippen molar-refractivity contribution in [3.63, 3.8) is 0 Å². The van der Waals surface area contributed by atoms with E-state index in [1.54, 1.807) is 14.0 Å². The average Bonchev–Trinajstić information content (AvgIpc) is 2.62. The van der Waals surface area contributed by atoms with Gasteiger partial charge in [0.25, 0.3) is 0 Å². The van der Waals surface area contributed by atoms with Gasteiger partial charge in [-0.25, -0.2) is 0 Å². The molecule has 1 aromatic rings. The summed E-state index contributed by atoms with van der Waals surface area (Å²) in [7, 11) is 1.55. The van der Waals surface area contributed by atoms with Gasteiger partial charge >= 0.3 is 6.01 Å². The predicted molar refractivity (Wildman–Crippen MR) is 51.1 cm³/mol. The minimum atomic E-state index is -0.335. The van der Waals surface area contributed by atoms with E-state index in [9.17, 15) is 4.79 Å². The van der Waals surface area contributed by atoms with E-state index in [2.05, 4.69) is 20.8 Å². The molecule has 78 valence electrons. The zero-order chi connectivity index (χ0) is 10.6. The Morgan fingerprint density at radius 2 is 2.36 bits per heavy atom. The minimum absolute atomic E-state index is 0.0921. The van der Waals surface area contributed by atoms with Crippen LogP contribution in [0.15, 0.2) is 4.42 Å². The average molecular weight is 219 g/mol. The van der Waals surface area contributed by atoms with Crippen molar-refractivity contribution in [2.24, 2.45) is 0 Å². The van der Waals surface area contributed by atoms with E-state index < -0.39 is 0 Å².